The van der Waals surface area contributed by atoms with Crippen LogP contribution in [0.5, 0.6) is 11.5 Å². The van der Waals surface area contributed by atoms with E-state index < -0.39 is 18.1 Å². The molecule has 0 atom stereocenters. The number of imide groups is 1. The van der Waals surface area contributed by atoms with E-state index in [1.54, 1.807) is 0 Å². The van der Waals surface area contributed by atoms with Crippen molar-refractivity contribution in [2.24, 2.45) is 0 Å². The molecule has 2 aromatic carbocycles. The van der Waals surface area contributed by atoms with Crippen LogP contribution in [-0.4, -0.2) is 23.9 Å². The molecule has 4 rings (SSSR count). The maximum Gasteiger partial charge on any atom is 0.586 e. The number of hydrogen-bond donors (Lipinski definition) is 0. The van der Waals surface area contributed by atoms with Gasteiger partial charge in [0, 0.05) is 18.1 Å². The molecule has 9 heteroatoms. The lowest BCUT2D eigenvalue weighted by Gasteiger charge is -2.12. The van der Waals surface area contributed by atoms with E-state index >= 15 is 0 Å². The van der Waals surface area contributed by atoms with Crippen LogP contribution in [0.4, 0.5) is 14.5 Å². The molecule has 0 saturated carbocycles. The molecule has 0 bridgehead atoms. The largest absolute Gasteiger partial charge is 0.586 e. The van der Waals surface area contributed by atoms with Gasteiger partial charge < -0.3 is 14.2 Å². The van der Waals surface area contributed by atoms with Gasteiger partial charge in [-0.3, -0.25) is 14.4 Å². The van der Waals surface area contributed by atoms with Crippen molar-refractivity contribution in [3.8, 4) is 11.5 Å². The molecule has 7 nitrogen and oxygen atoms in total. The monoisotopic (exact) mass is 415 g/mol. The summed E-state index contributed by atoms with van der Waals surface area (Å²) < 4.78 is 40.5. The van der Waals surface area contributed by atoms with Crippen molar-refractivity contribution in [3.63, 3.8) is 0 Å². The Hall–Kier alpha value is -3.75. The van der Waals surface area contributed by atoms with Crippen molar-refractivity contribution in [1.82, 2.24) is 0 Å². The third-order valence-corrected chi connectivity index (χ3v) is 4.60. The summed E-state index contributed by atoms with van der Waals surface area (Å²) in [5.74, 6) is -1.45. The Balaban J connectivity index is 1.59. The maximum atomic E-state index is 13.1. The molecule has 2 aliphatic heterocycles. The number of ketones is 1. The predicted molar refractivity (Wildman–Crippen MR) is 100 cm³/mol. The van der Waals surface area contributed by atoms with E-state index in [0.717, 1.165) is 4.90 Å². The number of carbonyl (C=O) groups excluding carboxylic acids is 3. The number of benzene rings is 2. The summed E-state index contributed by atoms with van der Waals surface area (Å²) in [6, 6.07) is 8.78. The molecule has 0 saturated heterocycles. The number of ether oxygens (including phenoxy) is 3. The first-order valence-electron chi connectivity index (χ1n) is 8.87. The summed E-state index contributed by atoms with van der Waals surface area (Å²) in [5, 5.41) is 0. The number of alkyl halides is 2. The Labute approximate surface area is 169 Å². The fraction of sp³-hybridized carbons (Fsp3) is 0.190. The molecule has 2 amide bonds. The summed E-state index contributed by atoms with van der Waals surface area (Å²) in [5.41, 5.74) is 1.74. The van der Waals surface area contributed by atoms with Crippen molar-refractivity contribution in [1.29, 1.82) is 0 Å². The minimum atomic E-state index is -3.71. The van der Waals surface area contributed by atoms with Crippen LogP contribution in [0.25, 0.3) is 5.57 Å². The van der Waals surface area contributed by atoms with Crippen LogP contribution in [0.2, 0.25) is 0 Å². The molecule has 0 radical (unpaired) electrons. The van der Waals surface area contributed by atoms with Crippen LogP contribution in [0, 0.1) is 0 Å². The molecule has 0 N–H and O–H groups in total. The van der Waals surface area contributed by atoms with Crippen molar-refractivity contribution in [2.75, 3.05) is 4.90 Å². The number of fused-ring (bicyclic) bond motifs is 2. The number of carbonyl (C=O) groups is 3. The zero-order chi connectivity index (χ0) is 21.6. The van der Waals surface area contributed by atoms with Gasteiger partial charge in [0.15, 0.2) is 17.3 Å². The molecule has 0 spiro atoms. The second-order valence-electron chi connectivity index (χ2n) is 6.74. The van der Waals surface area contributed by atoms with Crippen LogP contribution >= 0.6 is 0 Å². The molecule has 2 heterocycles. The minimum Gasteiger partial charge on any atom is -0.496 e. The molecule has 30 heavy (non-hydrogen) atoms. The molecule has 2 aliphatic rings. The lowest BCUT2D eigenvalue weighted by Crippen LogP contribution is -2.31. The highest BCUT2D eigenvalue weighted by Gasteiger charge is 2.43. The van der Waals surface area contributed by atoms with Crippen molar-refractivity contribution < 1.29 is 37.4 Å². The SMILES string of the molecule is CC(=O)c1ccc2c(c1)C(=COCc1ccc3c(c1)OC(F)(F)O3)C(=O)N2C(C)=O. The molecule has 0 unspecified atom stereocenters. The van der Waals surface area contributed by atoms with Crippen molar-refractivity contribution >= 4 is 28.9 Å². The van der Waals surface area contributed by atoms with E-state index in [4.69, 9.17) is 4.74 Å². The van der Waals surface area contributed by atoms with Crippen molar-refractivity contribution in [2.45, 2.75) is 26.7 Å². The summed E-state index contributed by atoms with van der Waals surface area (Å²) >= 11 is 0. The normalized spacial score (nSPS) is 17.3. The van der Waals surface area contributed by atoms with Gasteiger partial charge in [-0.25, -0.2) is 4.90 Å². The first-order valence-corrected chi connectivity index (χ1v) is 8.87. The van der Waals surface area contributed by atoms with Gasteiger partial charge in [-0.05, 0) is 42.8 Å². The van der Waals surface area contributed by atoms with Crippen molar-refractivity contribution in [3.05, 3.63) is 59.4 Å². The average molecular weight is 415 g/mol. The van der Waals surface area contributed by atoms with Gasteiger partial charge >= 0.3 is 6.29 Å². The molecule has 0 fully saturated rings. The third kappa shape index (κ3) is 3.38. The zero-order valence-electron chi connectivity index (χ0n) is 15.9. The molecule has 2 aromatic rings. The summed E-state index contributed by atoms with van der Waals surface area (Å²) in [7, 11) is 0. The van der Waals surface area contributed by atoms with E-state index in [0.29, 0.717) is 22.4 Å². The highest BCUT2D eigenvalue weighted by atomic mass is 19.3. The van der Waals surface area contributed by atoms with Crippen LogP contribution in [-0.2, 0) is 20.9 Å². The highest BCUT2D eigenvalue weighted by molar-refractivity contribution is 6.39. The zero-order valence-corrected chi connectivity index (χ0v) is 15.9. The Kier molecular flexibility index (Phi) is 4.53. The summed E-state index contributed by atoms with van der Waals surface area (Å²) in [6.45, 7) is 2.60. The van der Waals surface area contributed by atoms with Gasteiger partial charge in [0.1, 0.15) is 6.61 Å². The molecular formula is C21H15F2NO6. The van der Waals surface area contributed by atoms with E-state index in [-0.39, 0.29) is 29.5 Å². The Morgan fingerprint density at radius 1 is 1.10 bits per heavy atom. The van der Waals surface area contributed by atoms with Crippen LogP contribution < -0.4 is 14.4 Å². The summed E-state index contributed by atoms with van der Waals surface area (Å²) in [4.78, 5) is 37.3. The van der Waals surface area contributed by atoms with Crippen LogP contribution in [0.15, 0.2) is 42.7 Å². The number of rotatable bonds is 4. The molecule has 0 aliphatic carbocycles. The van der Waals surface area contributed by atoms with Gasteiger partial charge in [-0.15, -0.1) is 8.78 Å². The average Bonchev–Trinajstić information content (AvgIpc) is 3.12. The predicted octanol–water partition coefficient (Wildman–Crippen LogP) is 3.66. The van der Waals surface area contributed by atoms with Crippen LogP contribution in [0.3, 0.4) is 0 Å². The van der Waals surface area contributed by atoms with E-state index in [9.17, 15) is 23.2 Å². The highest BCUT2D eigenvalue weighted by Crippen LogP contribution is 2.41. The van der Waals surface area contributed by atoms with E-state index in [2.05, 4.69) is 9.47 Å². The number of amides is 2. The van der Waals surface area contributed by atoms with E-state index in [1.807, 2.05) is 0 Å². The number of Topliss-reactive ketones (excluding diaryl/α,β-unsaturated/α-hetero) is 1. The summed E-state index contributed by atoms with van der Waals surface area (Å²) in [6.07, 6.45) is -2.53. The first kappa shape index (κ1) is 19.6. The standard InChI is InChI=1S/C21H15F2NO6/c1-11(25)14-4-5-17-15(8-14)16(20(27)24(17)12(2)26)10-28-9-13-3-6-18-19(7-13)30-21(22,23)29-18/h3-8,10H,9H2,1-2H3. The van der Waals surface area contributed by atoms with Gasteiger partial charge in [-0.2, -0.15) is 0 Å². The number of nitrogens with zero attached hydrogens (tertiary/aromatic N) is 1. The maximum absolute atomic E-state index is 13.1. The first-order chi connectivity index (χ1) is 14.2. The molecular weight excluding hydrogens is 400 g/mol. The van der Waals surface area contributed by atoms with E-state index in [1.165, 1.54) is 56.5 Å². The third-order valence-electron chi connectivity index (χ3n) is 4.60. The van der Waals surface area contributed by atoms with Gasteiger partial charge in [0.2, 0.25) is 5.91 Å². The van der Waals surface area contributed by atoms with Crippen LogP contribution in [0.1, 0.15) is 35.3 Å². The Morgan fingerprint density at radius 2 is 1.83 bits per heavy atom. The second kappa shape index (κ2) is 6.94. The smallest absolute Gasteiger partial charge is 0.496 e. The molecule has 154 valence electrons. The number of anilines is 1. The Bertz CT molecular complexity index is 1120. The Morgan fingerprint density at radius 3 is 2.53 bits per heavy atom. The van der Waals surface area contributed by atoms with Gasteiger partial charge in [0.25, 0.3) is 5.91 Å². The quantitative estimate of drug-likeness (QED) is 0.431. The minimum absolute atomic E-state index is 0.0548. The molecule has 0 aromatic heterocycles. The lowest BCUT2D eigenvalue weighted by atomic mass is 10.0. The second-order valence-corrected chi connectivity index (χ2v) is 6.74. The topological polar surface area (TPSA) is 82.1 Å². The van der Waals surface area contributed by atoms with Gasteiger partial charge in [-0.1, -0.05) is 6.07 Å². The lowest BCUT2D eigenvalue weighted by molar-refractivity contribution is -0.286. The number of hydrogen-bond acceptors (Lipinski definition) is 6. The number of halogens is 2. The fourth-order valence-electron chi connectivity index (χ4n) is 3.24. The van der Waals surface area contributed by atoms with Gasteiger partial charge in [0.05, 0.1) is 17.5 Å². The fourth-order valence-corrected chi connectivity index (χ4v) is 3.24.